The molecule has 30 heavy (non-hydrogen) atoms. The van der Waals surface area contributed by atoms with Crippen molar-refractivity contribution < 1.29 is 24.2 Å². The van der Waals surface area contributed by atoms with Crippen molar-refractivity contribution in [2.45, 2.75) is 97.4 Å². The van der Waals surface area contributed by atoms with Gasteiger partial charge in [-0.05, 0) is 70.3 Å². The van der Waals surface area contributed by atoms with Gasteiger partial charge in [0.05, 0.1) is 11.0 Å². The van der Waals surface area contributed by atoms with Gasteiger partial charge in [-0.15, -0.1) is 0 Å². The maximum absolute atomic E-state index is 12.7. The number of allylic oxidation sites excluding steroid dienone is 1. The highest BCUT2D eigenvalue weighted by Gasteiger charge is 2.69. The fourth-order valence-electron chi connectivity index (χ4n) is 7.29. The van der Waals surface area contributed by atoms with Crippen LogP contribution in [0.15, 0.2) is 23.3 Å². The van der Waals surface area contributed by atoms with Gasteiger partial charge in [0.1, 0.15) is 12.2 Å². The predicted octanol–water partition coefficient (Wildman–Crippen LogP) is 4.48. The molecule has 5 heteroatoms. The average molecular weight is 417 g/mol. The number of aliphatic hydroxyl groups is 1. The van der Waals surface area contributed by atoms with Gasteiger partial charge in [-0.3, -0.25) is 4.79 Å². The molecule has 0 amide bonds. The van der Waals surface area contributed by atoms with Crippen LogP contribution in [0.25, 0.3) is 0 Å². The molecule has 1 N–H and O–H groups in total. The van der Waals surface area contributed by atoms with E-state index in [1.807, 2.05) is 13.8 Å². The quantitative estimate of drug-likeness (QED) is 0.528. The topological polar surface area (TPSA) is 72.8 Å². The predicted molar refractivity (Wildman–Crippen MR) is 113 cm³/mol. The third-order valence-corrected chi connectivity index (χ3v) is 8.69. The first-order valence-corrected chi connectivity index (χ1v) is 11.5. The molecule has 0 spiro atoms. The van der Waals surface area contributed by atoms with Crippen LogP contribution in [-0.4, -0.2) is 34.9 Å². The average Bonchev–Trinajstić information content (AvgIpc) is 3.08. The number of carbonyl (C=O) groups excluding carboxylic acids is 2. The van der Waals surface area contributed by atoms with Gasteiger partial charge in [0, 0.05) is 24.8 Å². The van der Waals surface area contributed by atoms with Gasteiger partial charge < -0.3 is 14.6 Å². The standard InChI is InChI=1S/C25H36O5/c1-15(7-9-17-16(2)13-20(26)29-17)8-10-19-23(3)11-6-12-24(4)21(23)18(30-22(24)27)14-25(19,5)28/h7,13,17-19,21,28H,6,8-12,14H2,1-5H3/b15-7+/t17-,18+,19-,21-,23-,24-,25-/m1/s1. The van der Waals surface area contributed by atoms with Crippen molar-refractivity contribution in [3.63, 3.8) is 0 Å². The Kier molecular flexibility index (Phi) is 5.20. The first-order valence-electron chi connectivity index (χ1n) is 11.5. The van der Waals surface area contributed by atoms with Crippen molar-refractivity contribution >= 4 is 11.9 Å². The van der Waals surface area contributed by atoms with Crippen LogP contribution in [-0.2, 0) is 19.1 Å². The van der Waals surface area contributed by atoms with E-state index in [9.17, 15) is 14.7 Å². The smallest absolute Gasteiger partial charge is 0.331 e. The van der Waals surface area contributed by atoms with E-state index in [0.29, 0.717) is 12.8 Å². The Morgan fingerprint density at radius 3 is 2.63 bits per heavy atom. The Hall–Kier alpha value is -1.62. The van der Waals surface area contributed by atoms with E-state index in [1.54, 1.807) is 6.08 Å². The van der Waals surface area contributed by atoms with Gasteiger partial charge in [0.2, 0.25) is 0 Å². The molecule has 0 bridgehead atoms. The second-order valence-corrected chi connectivity index (χ2v) is 11.0. The monoisotopic (exact) mass is 416 g/mol. The summed E-state index contributed by atoms with van der Waals surface area (Å²) < 4.78 is 11.1. The van der Waals surface area contributed by atoms with Crippen LogP contribution in [0.1, 0.15) is 79.6 Å². The highest BCUT2D eigenvalue weighted by Crippen LogP contribution is 2.66. The molecule has 2 heterocycles. The molecule has 0 aromatic carbocycles. The van der Waals surface area contributed by atoms with Gasteiger partial charge in [-0.2, -0.15) is 0 Å². The van der Waals surface area contributed by atoms with Crippen molar-refractivity contribution in [3.8, 4) is 0 Å². The van der Waals surface area contributed by atoms with Crippen LogP contribution in [0, 0.1) is 22.7 Å². The van der Waals surface area contributed by atoms with Crippen LogP contribution in [0.3, 0.4) is 0 Å². The number of ether oxygens (including phenoxy) is 2. The highest BCUT2D eigenvalue weighted by atomic mass is 16.6. The molecule has 2 aliphatic carbocycles. The number of cyclic esters (lactones) is 1. The fourth-order valence-corrected chi connectivity index (χ4v) is 7.29. The van der Waals surface area contributed by atoms with Crippen LogP contribution in [0.5, 0.6) is 0 Å². The number of esters is 2. The van der Waals surface area contributed by atoms with Gasteiger partial charge in [-0.25, -0.2) is 4.79 Å². The lowest BCUT2D eigenvalue weighted by Crippen LogP contribution is -2.61. The van der Waals surface area contributed by atoms with Gasteiger partial charge >= 0.3 is 11.9 Å². The summed E-state index contributed by atoms with van der Waals surface area (Å²) in [7, 11) is 0. The minimum atomic E-state index is -0.848. The highest BCUT2D eigenvalue weighted by molar-refractivity contribution is 5.85. The van der Waals surface area contributed by atoms with Crippen LogP contribution >= 0.6 is 0 Å². The van der Waals surface area contributed by atoms with E-state index in [0.717, 1.165) is 37.7 Å². The van der Waals surface area contributed by atoms with E-state index >= 15 is 0 Å². The zero-order valence-corrected chi connectivity index (χ0v) is 19.0. The number of hydrogen-bond acceptors (Lipinski definition) is 5. The van der Waals surface area contributed by atoms with Crippen molar-refractivity contribution in [3.05, 3.63) is 23.3 Å². The molecule has 2 aliphatic heterocycles. The zero-order chi connectivity index (χ0) is 21.9. The van der Waals surface area contributed by atoms with Crippen LogP contribution in [0.2, 0.25) is 0 Å². The summed E-state index contributed by atoms with van der Waals surface area (Å²) in [6.45, 7) is 10.3. The Morgan fingerprint density at radius 1 is 1.23 bits per heavy atom. The van der Waals surface area contributed by atoms with E-state index in [1.165, 1.54) is 5.57 Å². The zero-order valence-electron chi connectivity index (χ0n) is 19.0. The molecule has 0 aromatic rings. The molecule has 3 fully saturated rings. The summed E-state index contributed by atoms with van der Waals surface area (Å²) in [5, 5.41) is 11.4. The van der Waals surface area contributed by atoms with Gasteiger partial charge in [-0.1, -0.05) is 25.0 Å². The van der Waals surface area contributed by atoms with E-state index in [-0.39, 0.29) is 41.4 Å². The van der Waals surface area contributed by atoms with Crippen molar-refractivity contribution in [2.24, 2.45) is 22.7 Å². The Morgan fingerprint density at radius 2 is 1.97 bits per heavy atom. The molecule has 1 saturated heterocycles. The van der Waals surface area contributed by atoms with Gasteiger partial charge in [0.15, 0.2) is 0 Å². The maximum Gasteiger partial charge on any atom is 0.331 e. The Balaban J connectivity index is 1.49. The summed E-state index contributed by atoms with van der Waals surface area (Å²) >= 11 is 0. The third-order valence-electron chi connectivity index (χ3n) is 8.69. The lowest BCUT2D eigenvalue weighted by atomic mass is 9.45. The summed E-state index contributed by atoms with van der Waals surface area (Å²) in [4.78, 5) is 24.1. The SMILES string of the molecule is CC1=CC(=O)O[C@@H]1C/C=C(\C)CC[C@@H]1[C@@]2(C)CCC[C@@]3(C)C(=O)O[C@@H](C[C@@]1(C)O)[C@H]23. The molecule has 7 atom stereocenters. The van der Waals surface area contributed by atoms with Crippen molar-refractivity contribution in [1.29, 1.82) is 0 Å². The summed E-state index contributed by atoms with van der Waals surface area (Å²) in [5.41, 5.74) is 0.869. The molecule has 0 aromatic heterocycles. The van der Waals surface area contributed by atoms with E-state index in [2.05, 4.69) is 26.8 Å². The van der Waals surface area contributed by atoms with Gasteiger partial charge in [0.25, 0.3) is 0 Å². The largest absolute Gasteiger partial charge is 0.461 e. The fraction of sp³-hybridized carbons (Fsp3) is 0.760. The number of hydrogen-bond donors (Lipinski definition) is 1. The molecule has 4 rings (SSSR count). The molecule has 2 saturated carbocycles. The Labute approximate surface area is 179 Å². The first-order chi connectivity index (χ1) is 14.0. The third kappa shape index (κ3) is 3.34. The lowest BCUT2D eigenvalue weighted by molar-refractivity contribution is -0.181. The summed E-state index contributed by atoms with van der Waals surface area (Å²) in [6.07, 6.45) is 9.35. The minimum absolute atomic E-state index is 0.0644. The van der Waals surface area contributed by atoms with E-state index in [4.69, 9.17) is 9.47 Å². The summed E-state index contributed by atoms with van der Waals surface area (Å²) in [6, 6.07) is 0. The van der Waals surface area contributed by atoms with Crippen LogP contribution < -0.4 is 0 Å². The van der Waals surface area contributed by atoms with Crippen LogP contribution in [0.4, 0.5) is 0 Å². The normalized spacial score (nSPS) is 45.7. The molecular formula is C25H36O5. The molecule has 0 unspecified atom stereocenters. The molecule has 4 aliphatic rings. The first kappa shape index (κ1) is 21.6. The molecule has 0 radical (unpaired) electrons. The molecule has 166 valence electrons. The molecule has 5 nitrogen and oxygen atoms in total. The van der Waals surface area contributed by atoms with E-state index < -0.39 is 11.0 Å². The van der Waals surface area contributed by atoms with Crippen molar-refractivity contribution in [2.75, 3.05) is 0 Å². The minimum Gasteiger partial charge on any atom is -0.461 e. The molecular weight excluding hydrogens is 380 g/mol. The number of rotatable bonds is 5. The van der Waals surface area contributed by atoms with Crippen molar-refractivity contribution in [1.82, 2.24) is 0 Å². The second-order valence-electron chi connectivity index (χ2n) is 11.0. The number of carbonyl (C=O) groups is 2. The lowest BCUT2D eigenvalue weighted by Gasteiger charge is -2.59. The summed E-state index contributed by atoms with van der Waals surface area (Å²) in [5.74, 6) is -0.00966. The second kappa shape index (κ2) is 7.22. The maximum atomic E-state index is 12.7. The Bertz CT molecular complexity index is 808.